The van der Waals surface area contributed by atoms with E-state index >= 15 is 0 Å². The Morgan fingerprint density at radius 3 is 2.65 bits per heavy atom. The van der Waals surface area contributed by atoms with Gasteiger partial charge in [0.05, 0.1) is 4.53 Å². The molecule has 0 aliphatic heterocycles. The van der Waals surface area contributed by atoms with Gasteiger partial charge in [0.15, 0.2) is 0 Å². The Bertz CT molecular complexity index is 1270. The quantitative estimate of drug-likeness (QED) is 0.546. The topological polar surface area (TPSA) is 64.3 Å². The maximum atomic E-state index is 12.6. The molecule has 2 heterocycles. The van der Waals surface area contributed by atoms with Gasteiger partial charge in [0, 0.05) is 11.4 Å². The highest BCUT2D eigenvalue weighted by Gasteiger charge is 2.11. The maximum absolute atomic E-state index is 12.6. The molecule has 26 heavy (non-hydrogen) atoms. The third-order valence-electron chi connectivity index (χ3n) is 3.81. The van der Waals surface area contributed by atoms with Gasteiger partial charge < -0.3 is 0 Å². The van der Waals surface area contributed by atoms with Crippen molar-refractivity contribution in [2.45, 2.75) is 6.42 Å². The van der Waals surface area contributed by atoms with Gasteiger partial charge in [-0.05, 0) is 29.3 Å². The zero-order valence-electron chi connectivity index (χ0n) is 13.4. The second-order valence-electron chi connectivity index (χ2n) is 5.69. The van der Waals surface area contributed by atoms with Gasteiger partial charge in [-0.1, -0.05) is 65.4 Å². The highest BCUT2D eigenvalue weighted by atomic mass is 35.5. The second kappa shape index (κ2) is 6.82. The third-order valence-corrected chi connectivity index (χ3v) is 5.01. The maximum Gasteiger partial charge on any atom is 0.296 e. The zero-order chi connectivity index (χ0) is 18.1. The molecular formula is C19H12ClN3O2S. The van der Waals surface area contributed by atoms with Gasteiger partial charge in [-0.15, -0.1) is 0 Å². The molecule has 128 valence electrons. The first-order chi connectivity index (χ1) is 12.6. The van der Waals surface area contributed by atoms with E-state index in [0.29, 0.717) is 16.0 Å². The van der Waals surface area contributed by atoms with E-state index in [4.69, 9.17) is 11.6 Å². The van der Waals surface area contributed by atoms with Crippen molar-refractivity contribution in [2.24, 2.45) is 0 Å². The molecule has 0 aliphatic carbocycles. The van der Waals surface area contributed by atoms with Crippen molar-refractivity contribution in [3.8, 4) is 0 Å². The van der Waals surface area contributed by atoms with Crippen LogP contribution in [0, 0.1) is 0 Å². The lowest BCUT2D eigenvalue weighted by atomic mass is 10.1. The molecule has 0 saturated carbocycles. The summed E-state index contributed by atoms with van der Waals surface area (Å²) in [6, 6.07) is 16.7. The Morgan fingerprint density at radius 2 is 1.88 bits per heavy atom. The number of halogens is 1. The van der Waals surface area contributed by atoms with E-state index in [-0.39, 0.29) is 16.2 Å². The molecule has 5 nitrogen and oxygen atoms in total. The molecule has 2 aromatic carbocycles. The summed E-state index contributed by atoms with van der Waals surface area (Å²) < 4.78 is 1.64. The number of thiazole rings is 1. The highest BCUT2D eigenvalue weighted by Crippen LogP contribution is 2.11. The SMILES string of the molecule is O=c1nc2sc(=Cc3cccc(Cl)c3)c(=O)n2nc1Cc1ccccc1. The number of hydrogen-bond acceptors (Lipinski definition) is 5. The largest absolute Gasteiger partial charge is 0.296 e. The predicted octanol–water partition coefficient (Wildman–Crippen LogP) is 2.30. The van der Waals surface area contributed by atoms with Gasteiger partial charge in [-0.2, -0.15) is 14.6 Å². The Morgan fingerprint density at radius 1 is 1.08 bits per heavy atom. The van der Waals surface area contributed by atoms with Crippen molar-refractivity contribution in [3.63, 3.8) is 0 Å². The molecule has 2 aromatic heterocycles. The first-order valence-electron chi connectivity index (χ1n) is 7.84. The van der Waals surface area contributed by atoms with Crippen molar-refractivity contribution >= 4 is 34.0 Å². The number of hydrogen-bond donors (Lipinski definition) is 0. The van der Waals surface area contributed by atoms with Crippen molar-refractivity contribution in [2.75, 3.05) is 0 Å². The van der Waals surface area contributed by atoms with Gasteiger partial charge in [0.2, 0.25) is 4.96 Å². The van der Waals surface area contributed by atoms with Gasteiger partial charge in [0.25, 0.3) is 11.1 Å². The fourth-order valence-electron chi connectivity index (χ4n) is 2.59. The Labute approximate surface area is 156 Å². The lowest BCUT2D eigenvalue weighted by Gasteiger charge is -1.99. The minimum Gasteiger partial charge on any atom is -0.266 e. The summed E-state index contributed by atoms with van der Waals surface area (Å²) in [7, 11) is 0. The molecule has 0 amide bonds. The molecule has 7 heteroatoms. The van der Waals surface area contributed by atoms with Gasteiger partial charge >= 0.3 is 0 Å². The molecule has 0 N–H and O–H groups in total. The summed E-state index contributed by atoms with van der Waals surface area (Å²) in [4.78, 5) is 29.2. The standard InChI is InChI=1S/C19H12ClN3O2S/c20-14-8-4-7-13(9-14)11-16-18(25)23-19(26-16)21-17(24)15(22-23)10-12-5-2-1-3-6-12/h1-9,11H,10H2. The molecule has 0 saturated heterocycles. The minimum atomic E-state index is -0.413. The fourth-order valence-corrected chi connectivity index (χ4v) is 3.69. The van der Waals surface area contributed by atoms with E-state index in [9.17, 15) is 9.59 Å². The molecule has 0 radical (unpaired) electrons. The highest BCUT2D eigenvalue weighted by molar-refractivity contribution is 7.15. The van der Waals surface area contributed by atoms with Crippen LogP contribution in [0.3, 0.4) is 0 Å². The summed E-state index contributed by atoms with van der Waals surface area (Å²) in [5.41, 5.74) is 1.27. The molecule has 0 bridgehead atoms. The van der Waals surface area contributed by atoms with Crippen LogP contribution in [0.4, 0.5) is 0 Å². The Kier molecular flexibility index (Phi) is 4.36. The lowest BCUT2D eigenvalue weighted by molar-refractivity contribution is 0.811. The number of fused-ring (bicyclic) bond motifs is 1. The van der Waals surface area contributed by atoms with Crippen LogP contribution in [-0.2, 0) is 6.42 Å². The molecule has 4 aromatic rings. The monoisotopic (exact) mass is 381 g/mol. The van der Waals surface area contributed by atoms with E-state index in [1.165, 1.54) is 4.52 Å². The molecule has 0 spiro atoms. The number of nitrogens with zero attached hydrogens (tertiary/aromatic N) is 3. The molecular weight excluding hydrogens is 370 g/mol. The normalized spacial score (nSPS) is 12.0. The second-order valence-corrected chi connectivity index (χ2v) is 7.14. The molecule has 4 rings (SSSR count). The van der Waals surface area contributed by atoms with E-state index in [1.54, 1.807) is 18.2 Å². The van der Waals surface area contributed by atoms with Crippen LogP contribution < -0.4 is 15.7 Å². The summed E-state index contributed by atoms with van der Waals surface area (Å²) in [5, 5.41) is 4.83. The van der Waals surface area contributed by atoms with Gasteiger partial charge in [-0.3, -0.25) is 9.59 Å². The van der Waals surface area contributed by atoms with Crippen molar-refractivity contribution < 1.29 is 0 Å². The van der Waals surface area contributed by atoms with E-state index in [1.807, 2.05) is 42.5 Å². The van der Waals surface area contributed by atoms with Crippen LogP contribution in [0.2, 0.25) is 5.02 Å². The van der Waals surface area contributed by atoms with Crippen LogP contribution in [0.15, 0.2) is 64.2 Å². The number of aromatic nitrogens is 3. The summed E-state index contributed by atoms with van der Waals surface area (Å²) in [6.45, 7) is 0. The van der Waals surface area contributed by atoms with Crippen LogP contribution in [0.25, 0.3) is 11.0 Å². The average molecular weight is 382 g/mol. The van der Waals surface area contributed by atoms with Crippen molar-refractivity contribution in [1.29, 1.82) is 0 Å². The van der Waals surface area contributed by atoms with Gasteiger partial charge in [0.1, 0.15) is 5.69 Å². The van der Waals surface area contributed by atoms with Crippen LogP contribution in [0.1, 0.15) is 16.8 Å². The molecule has 0 atom stereocenters. The van der Waals surface area contributed by atoms with Crippen LogP contribution in [-0.4, -0.2) is 14.6 Å². The fraction of sp³-hybridized carbons (Fsp3) is 0.0526. The van der Waals surface area contributed by atoms with E-state index in [2.05, 4.69) is 10.1 Å². The smallest absolute Gasteiger partial charge is 0.266 e. The molecule has 0 aliphatic rings. The minimum absolute atomic E-state index is 0.248. The molecule has 0 fully saturated rings. The predicted molar refractivity (Wildman–Crippen MR) is 103 cm³/mol. The lowest BCUT2D eigenvalue weighted by Crippen LogP contribution is -2.28. The third kappa shape index (κ3) is 3.29. The first kappa shape index (κ1) is 16.6. The Hall–Kier alpha value is -2.83. The Balaban J connectivity index is 1.83. The molecule has 0 unspecified atom stereocenters. The first-order valence-corrected chi connectivity index (χ1v) is 9.03. The zero-order valence-corrected chi connectivity index (χ0v) is 15.0. The van der Waals surface area contributed by atoms with E-state index in [0.717, 1.165) is 22.5 Å². The summed E-state index contributed by atoms with van der Waals surface area (Å²) in [5.74, 6) is 0. The average Bonchev–Trinajstić information content (AvgIpc) is 2.91. The summed E-state index contributed by atoms with van der Waals surface area (Å²) >= 11 is 7.11. The van der Waals surface area contributed by atoms with Gasteiger partial charge in [-0.25, -0.2) is 0 Å². The van der Waals surface area contributed by atoms with Crippen LogP contribution in [0.5, 0.6) is 0 Å². The number of benzene rings is 2. The summed E-state index contributed by atoms with van der Waals surface area (Å²) in [6.07, 6.45) is 2.05. The van der Waals surface area contributed by atoms with Crippen LogP contribution >= 0.6 is 22.9 Å². The van der Waals surface area contributed by atoms with Crippen molar-refractivity contribution in [3.05, 3.63) is 102 Å². The number of rotatable bonds is 3. The van der Waals surface area contributed by atoms with E-state index < -0.39 is 5.56 Å². The van der Waals surface area contributed by atoms with Crippen molar-refractivity contribution in [1.82, 2.24) is 14.6 Å².